The lowest BCUT2D eigenvalue weighted by molar-refractivity contribution is -0.114. The Labute approximate surface area is 81.7 Å². The van der Waals surface area contributed by atoms with Crippen LogP contribution < -0.4 is 10.1 Å². The molecule has 0 aliphatic heterocycles. The second-order valence-corrected chi connectivity index (χ2v) is 2.63. The van der Waals surface area contributed by atoms with Crippen molar-refractivity contribution in [3.8, 4) is 5.75 Å². The van der Waals surface area contributed by atoms with Crippen molar-refractivity contribution in [2.45, 2.75) is 6.92 Å². The molecule has 0 aliphatic rings. The largest absolute Gasteiger partial charge is 0.491 e. The van der Waals surface area contributed by atoms with Gasteiger partial charge >= 0.3 is 0 Å². The predicted molar refractivity (Wildman–Crippen MR) is 51.1 cm³/mol. The van der Waals surface area contributed by atoms with Gasteiger partial charge in [-0.1, -0.05) is 0 Å². The number of ether oxygens (including phenoxy) is 1. The van der Waals surface area contributed by atoms with Crippen LogP contribution in [0.25, 0.3) is 0 Å². The SMILES string of the molecule is CC(=O)Nc1cc(OCCO)ccn1. The average Bonchev–Trinajstić information content (AvgIpc) is 2.14. The minimum absolute atomic E-state index is 0.0439. The van der Waals surface area contributed by atoms with E-state index in [2.05, 4.69) is 10.3 Å². The molecule has 0 spiro atoms. The summed E-state index contributed by atoms with van der Waals surface area (Å²) < 4.78 is 5.14. The lowest BCUT2D eigenvalue weighted by atomic mass is 10.4. The third kappa shape index (κ3) is 3.40. The van der Waals surface area contributed by atoms with Crippen LogP contribution in [-0.2, 0) is 4.79 Å². The molecule has 5 nitrogen and oxygen atoms in total. The summed E-state index contributed by atoms with van der Waals surface area (Å²) in [4.78, 5) is 14.6. The van der Waals surface area contributed by atoms with E-state index >= 15 is 0 Å². The van der Waals surface area contributed by atoms with Crippen LogP contribution in [0.3, 0.4) is 0 Å². The maximum Gasteiger partial charge on any atom is 0.222 e. The van der Waals surface area contributed by atoms with Crippen LogP contribution in [0.5, 0.6) is 5.75 Å². The van der Waals surface area contributed by atoms with E-state index in [9.17, 15) is 4.79 Å². The number of carbonyl (C=O) groups excluding carboxylic acids is 1. The number of nitrogens with zero attached hydrogens (tertiary/aromatic N) is 1. The summed E-state index contributed by atoms with van der Waals surface area (Å²) in [6.45, 7) is 1.59. The Kier molecular flexibility index (Phi) is 3.87. The van der Waals surface area contributed by atoms with Crippen molar-refractivity contribution < 1.29 is 14.6 Å². The highest BCUT2D eigenvalue weighted by Crippen LogP contribution is 2.13. The second kappa shape index (κ2) is 5.18. The maximum absolute atomic E-state index is 10.7. The molecular formula is C9H12N2O3. The van der Waals surface area contributed by atoms with E-state index in [1.54, 1.807) is 12.1 Å². The number of aromatic nitrogens is 1. The highest BCUT2D eigenvalue weighted by atomic mass is 16.5. The summed E-state index contributed by atoms with van der Waals surface area (Å²) >= 11 is 0. The molecule has 5 heteroatoms. The molecule has 2 N–H and O–H groups in total. The van der Waals surface area contributed by atoms with Crippen molar-refractivity contribution in [2.75, 3.05) is 18.5 Å². The maximum atomic E-state index is 10.7. The van der Waals surface area contributed by atoms with Crippen LogP contribution >= 0.6 is 0 Å². The third-order valence-electron chi connectivity index (χ3n) is 1.40. The second-order valence-electron chi connectivity index (χ2n) is 2.63. The van der Waals surface area contributed by atoms with Crippen molar-refractivity contribution in [3.63, 3.8) is 0 Å². The topological polar surface area (TPSA) is 71.5 Å². The van der Waals surface area contributed by atoms with E-state index in [1.165, 1.54) is 13.1 Å². The van der Waals surface area contributed by atoms with Crippen LogP contribution in [0, 0.1) is 0 Å². The molecule has 14 heavy (non-hydrogen) atoms. The van der Waals surface area contributed by atoms with Gasteiger partial charge in [0, 0.05) is 19.2 Å². The fraction of sp³-hybridized carbons (Fsp3) is 0.333. The molecule has 0 radical (unpaired) electrons. The Morgan fingerprint density at radius 2 is 2.50 bits per heavy atom. The van der Waals surface area contributed by atoms with Gasteiger partial charge < -0.3 is 15.2 Å². The number of amides is 1. The third-order valence-corrected chi connectivity index (χ3v) is 1.40. The van der Waals surface area contributed by atoms with Gasteiger partial charge in [-0.2, -0.15) is 0 Å². The van der Waals surface area contributed by atoms with Crippen molar-refractivity contribution in [1.82, 2.24) is 4.98 Å². The molecule has 0 saturated carbocycles. The highest BCUT2D eigenvalue weighted by molar-refractivity contribution is 5.87. The minimum atomic E-state index is -0.184. The molecule has 0 unspecified atom stereocenters. The van der Waals surface area contributed by atoms with Crippen LogP contribution in [0.2, 0.25) is 0 Å². The van der Waals surface area contributed by atoms with E-state index in [-0.39, 0.29) is 19.1 Å². The average molecular weight is 196 g/mol. The molecule has 1 heterocycles. The van der Waals surface area contributed by atoms with Gasteiger partial charge in [0.15, 0.2) is 0 Å². The molecule has 0 bridgehead atoms. The van der Waals surface area contributed by atoms with Crippen molar-refractivity contribution in [1.29, 1.82) is 0 Å². The molecule has 76 valence electrons. The van der Waals surface area contributed by atoms with Crippen molar-refractivity contribution in [2.24, 2.45) is 0 Å². The number of aliphatic hydroxyl groups is 1. The van der Waals surface area contributed by atoms with Crippen LogP contribution in [0.1, 0.15) is 6.92 Å². The van der Waals surface area contributed by atoms with Gasteiger partial charge in [-0.05, 0) is 6.07 Å². The van der Waals surface area contributed by atoms with E-state index in [0.717, 1.165) is 0 Å². The van der Waals surface area contributed by atoms with Crippen molar-refractivity contribution >= 4 is 11.7 Å². The molecule has 0 saturated heterocycles. The van der Waals surface area contributed by atoms with Gasteiger partial charge in [0.05, 0.1) is 6.61 Å². The first kappa shape index (κ1) is 10.5. The number of nitrogens with one attached hydrogen (secondary N) is 1. The Morgan fingerprint density at radius 3 is 3.14 bits per heavy atom. The van der Waals surface area contributed by atoms with Gasteiger partial charge in [0.25, 0.3) is 0 Å². The molecule has 1 aromatic rings. The highest BCUT2D eigenvalue weighted by Gasteiger charge is 1.99. The van der Waals surface area contributed by atoms with E-state index in [4.69, 9.17) is 9.84 Å². The number of hydrogen-bond acceptors (Lipinski definition) is 4. The number of pyridine rings is 1. The van der Waals surface area contributed by atoms with Crippen LogP contribution in [-0.4, -0.2) is 29.2 Å². The first-order valence-corrected chi connectivity index (χ1v) is 4.19. The first-order chi connectivity index (χ1) is 6.72. The Balaban J connectivity index is 2.63. The quantitative estimate of drug-likeness (QED) is 0.731. The van der Waals surface area contributed by atoms with Gasteiger partial charge in [-0.3, -0.25) is 4.79 Å². The normalized spacial score (nSPS) is 9.57. The number of rotatable bonds is 4. The smallest absolute Gasteiger partial charge is 0.222 e. The summed E-state index contributed by atoms with van der Waals surface area (Å²) in [5.41, 5.74) is 0. The minimum Gasteiger partial charge on any atom is -0.491 e. The van der Waals surface area contributed by atoms with Gasteiger partial charge in [-0.25, -0.2) is 4.98 Å². The van der Waals surface area contributed by atoms with Crippen molar-refractivity contribution in [3.05, 3.63) is 18.3 Å². The van der Waals surface area contributed by atoms with Gasteiger partial charge in [-0.15, -0.1) is 0 Å². The van der Waals surface area contributed by atoms with E-state index in [1.807, 2.05) is 0 Å². The van der Waals surface area contributed by atoms with E-state index in [0.29, 0.717) is 11.6 Å². The van der Waals surface area contributed by atoms with Gasteiger partial charge in [0.1, 0.15) is 18.2 Å². The van der Waals surface area contributed by atoms with Crippen LogP contribution in [0.4, 0.5) is 5.82 Å². The Bertz CT molecular complexity index is 315. The first-order valence-electron chi connectivity index (χ1n) is 4.19. The molecule has 1 amide bonds. The molecule has 0 aliphatic carbocycles. The number of aliphatic hydroxyl groups excluding tert-OH is 1. The standard InChI is InChI=1S/C9H12N2O3/c1-7(13)11-9-6-8(2-3-10-9)14-5-4-12/h2-3,6,12H,4-5H2,1H3,(H,10,11,13). The number of carbonyl (C=O) groups is 1. The Morgan fingerprint density at radius 1 is 1.71 bits per heavy atom. The zero-order valence-electron chi connectivity index (χ0n) is 7.86. The summed E-state index contributed by atoms with van der Waals surface area (Å²) in [6.07, 6.45) is 1.53. The molecule has 0 aromatic carbocycles. The lowest BCUT2D eigenvalue weighted by Gasteiger charge is -2.05. The number of anilines is 1. The predicted octanol–water partition coefficient (Wildman–Crippen LogP) is 0.411. The molecule has 1 rings (SSSR count). The fourth-order valence-corrected chi connectivity index (χ4v) is 0.913. The summed E-state index contributed by atoms with van der Waals surface area (Å²) in [6, 6.07) is 3.25. The Hall–Kier alpha value is -1.62. The van der Waals surface area contributed by atoms with Gasteiger partial charge in [0.2, 0.25) is 5.91 Å². The number of hydrogen-bond donors (Lipinski definition) is 2. The fourth-order valence-electron chi connectivity index (χ4n) is 0.913. The van der Waals surface area contributed by atoms with Crippen LogP contribution in [0.15, 0.2) is 18.3 Å². The lowest BCUT2D eigenvalue weighted by Crippen LogP contribution is -2.08. The molecule has 0 atom stereocenters. The molecular weight excluding hydrogens is 184 g/mol. The monoisotopic (exact) mass is 196 g/mol. The summed E-state index contributed by atoms with van der Waals surface area (Å²) in [7, 11) is 0. The summed E-state index contributed by atoms with van der Waals surface area (Å²) in [5.74, 6) is 0.822. The zero-order chi connectivity index (χ0) is 10.4. The molecule has 1 aromatic heterocycles. The molecule has 0 fully saturated rings. The summed E-state index contributed by atoms with van der Waals surface area (Å²) in [5, 5.41) is 11.1. The zero-order valence-corrected chi connectivity index (χ0v) is 7.86. The van der Waals surface area contributed by atoms with E-state index < -0.39 is 0 Å².